The van der Waals surface area contributed by atoms with Gasteiger partial charge in [0.1, 0.15) is 11.5 Å². The van der Waals surface area contributed by atoms with Crippen LogP contribution in [0.5, 0.6) is 11.5 Å². The van der Waals surface area contributed by atoms with Crippen LogP contribution < -0.4 is 15.4 Å². The first-order valence-electron chi connectivity index (χ1n) is 7.20. The maximum absolute atomic E-state index is 12.0. The van der Waals surface area contributed by atoms with Crippen molar-refractivity contribution in [3.63, 3.8) is 0 Å². The maximum Gasteiger partial charge on any atom is 0.255 e. The van der Waals surface area contributed by atoms with Gasteiger partial charge in [-0.2, -0.15) is 0 Å². The predicted molar refractivity (Wildman–Crippen MR) is 90.8 cm³/mol. The highest BCUT2D eigenvalue weighted by Crippen LogP contribution is 2.23. The second kappa shape index (κ2) is 8.21. The fourth-order valence-electron chi connectivity index (χ4n) is 1.98. The van der Waals surface area contributed by atoms with Gasteiger partial charge in [-0.25, -0.2) is 0 Å². The third-order valence-electron chi connectivity index (χ3n) is 3.25. The van der Waals surface area contributed by atoms with Gasteiger partial charge in [0.2, 0.25) is 0 Å². The molecule has 126 valence electrons. The number of amides is 2. The smallest absolute Gasteiger partial charge is 0.255 e. The summed E-state index contributed by atoms with van der Waals surface area (Å²) in [5.74, 6) is -0.402. The molecule has 0 saturated heterocycles. The quantitative estimate of drug-likeness (QED) is 0.698. The monoisotopic (exact) mass is 348 g/mol. The van der Waals surface area contributed by atoms with E-state index in [2.05, 4.69) is 10.6 Å². The third kappa shape index (κ3) is 4.63. The minimum Gasteiger partial charge on any atom is -0.507 e. The van der Waals surface area contributed by atoms with E-state index < -0.39 is 5.91 Å². The zero-order chi connectivity index (χ0) is 17.5. The molecule has 0 heterocycles. The van der Waals surface area contributed by atoms with Gasteiger partial charge in [0.05, 0.1) is 12.7 Å². The highest BCUT2D eigenvalue weighted by molar-refractivity contribution is 6.30. The zero-order valence-corrected chi connectivity index (χ0v) is 13.8. The Kier molecular flexibility index (Phi) is 6.03. The largest absolute Gasteiger partial charge is 0.507 e. The molecule has 0 unspecified atom stereocenters. The third-order valence-corrected chi connectivity index (χ3v) is 3.50. The van der Waals surface area contributed by atoms with Crippen LogP contribution in [0, 0.1) is 0 Å². The normalized spacial score (nSPS) is 10.1. The van der Waals surface area contributed by atoms with Gasteiger partial charge in [-0.3, -0.25) is 9.59 Å². The first-order chi connectivity index (χ1) is 11.5. The van der Waals surface area contributed by atoms with Gasteiger partial charge >= 0.3 is 0 Å². The number of carbonyl (C=O) groups excluding carboxylic acids is 2. The minimum absolute atomic E-state index is 0.139. The van der Waals surface area contributed by atoms with Crippen LogP contribution in [0.15, 0.2) is 42.5 Å². The fourth-order valence-corrected chi connectivity index (χ4v) is 2.11. The van der Waals surface area contributed by atoms with Gasteiger partial charge in [0, 0.05) is 29.7 Å². The predicted octanol–water partition coefficient (Wildman–Crippen LogP) is 2.21. The number of phenols is 1. The van der Waals surface area contributed by atoms with Crippen LogP contribution in [0.1, 0.15) is 20.7 Å². The van der Waals surface area contributed by atoms with Crippen LogP contribution in [0.3, 0.4) is 0 Å². The van der Waals surface area contributed by atoms with Crippen molar-refractivity contribution in [1.82, 2.24) is 10.6 Å². The van der Waals surface area contributed by atoms with Crippen LogP contribution >= 0.6 is 11.6 Å². The molecule has 0 fully saturated rings. The Morgan fingerprint density at radius 2 is 1.67 bits per heavy atom. The number of hydrogen-bond donors (Lipinski definition) is 3. The highest BCUT2D eigenvalue weighted by atomic mass is 35.5. The van der Waals surface area contributed by atoms with Crippen LogP contribution in [0.25, 0.3) is 0 Å². The number of hydrogen-bond acceptors (Lipinski definition) is 4. The van der Waals surface area contributed by atoms with E-state index in [1.807, 2.05) is 0 Å². The standard InChI is InChI=1S/C17H17ClN2O4/c1-24-13-6-7-14(15(21)10-13)17(23)20-9-8-19-16(22)11-2-4-12(18)5-3-11/h2-7,10,21H,8-9H2,1H3,(H,19,22)(H,20,23). The number of benzene rings is 2. The lowest BCUT2D eigenvalue weighted by molar-refractivity contribution is 0.0926. The first-order valence-corrected chi connectivity index (χ1v) is 7.58. The lowest BCUT2D eigenvalue weighted by Crippen LogP contribution is -2.34. The molecule has 24 heavy (non-hydrogen) atoms. The van der Waals surface area contributed by atoms with Crippen molar-refractivity contribution < 1.29 is 19.4 Å². The summed E-state index contributed by atoms with van der Waals surface area (Å²) >= 11 is 5.76. The summed E-state index contributed by atoms with van der Waals surface area (Å²) in [7, 11) is 1.47. The Balaban J connectivity index is 1.80. The number of aromatic hydroxyl groups is 1. The van der Waals surface area contributed by atoms with Crippen molar-refractivity contribution >= 4 is 23.4 Å². The zero-order valence-electron chi connectivity index (χ0n) is 13.0. The fraction of sp³-hybridized carbons (Fsp3) is 0.176. The van der Waals surface area contributed by atoms with Gasteiger partial charge in [-0.1, -0.05) is 11.6 Å². The number of ether oxygens (including phenoxy) is 1. The molecule has 0 spiro atoms. The van der Waals surface area contributed by atoms with Gasteiger partial charge in [0.25, 0.3) is 11.8 Å². The van der Waals surface area contributed by atoms with E-state index in [1.54, 1.807) is 30.3 Å². The number of carbonyl (C=O) groups is 2. The molecular weight excluding hydrogens is 332 g/mol. The van der Waals surface area contributed by atoms with Crippen LogP contribution in [-0.2, 0) is 0 Å². The Labute approximate surface area is 144 Å². The number of rotatable bonds is 6. The highest BCUT2D eigenvalue weighted by Gasteiger charge is 2.11. The van der Waals surface area contributed by atoms with Crippen LogP contribution in [0.2, 0.25) is 5.02 Å². The summed E-state index contributed by atoms with van der Waals surface area (Å²) in [5.41, 5.74) is 0.623. The Morgan fingerprint density at radius 3 is 2.25 bits per heavy atom. The average Bonchev–Trinajstić information content (AvgIpc) is 2.58. The summed E-state index contributed by atoms with van der Waals surface area (Å²) in [5, 5.41) is 15.6. The molecule has 7 heteroatoms. The topological polar surface area (TPSA) is 87.7 Å². The van der Waals surface area contributed by atoms with Crippen molar-refractivity contribution in [2.24, 2.45) is 0 Å². The molecule has 2 aromatic carbocycles. The lowest BCUT2D eigenvalue weighted by atomic mass is 10.2. The van der Waals surface area contributed by atoms with Gasteiger partial charge in [-0.05, 0) is 36.4 Å². The summed E-state index contributed by atoms with van der Waals surface area (Å²) < 4.78 is 4.96. The van der Waals surface area contributed by atoms with Crippen molar-refractivity contribution in [1.29, 1.82) is 0 Å². The van der Waals surface area contributed by atoms with Crippen molar-refractivity contribution in [2.45, 2.75) is 0 Å². The van der Waals surface area contributed by atoms with Crippen molar-refractivity contribution in [3.8, 4) is 11.5 Å². The minimum atomic E-state index is -0.434. The van der Waals surface area contributed by atoms with Gasteiger partial charge < -0.3 is 20.5 Å². The van der Waals surface area contributed by atoms with Crippen molar-refractivity contribution in [3.05, 3.63) is 58.6 Å². The lowest BCUT2D eigenvalue weighted by Gasteiger charge is -2.09. The van der Waals surface area contributed by atoms with E-state index in [-0.39, 0.29) is 30.3 Å². The van der Waals surface area contributed by atoms with E-state index in [4.69, 9.17) is 16.3 Å². The van der Waals surface area contributed by atoms with E-state index in [0.29, 0.717) is 16.3 Å². The molecule has 2 aromatic rings. The van der Waals surface area contributed by atoms with E-state index in [9.17, 15) is 14.7 Å². The second-order valence-corrected chi connectivity index (χ2v) is 5.34. The molecule has 0 saturated carbocycles. The van der Waals surface area contributed by atoms with Gasteiger partial charge in [0.15, 0.2) is 0 Å². The molecule has 0 aliphatic heterocycles. The second-order valence-electron chi connectivity index (χ2n) is 4.90. The SMILES string of the molecule is COc1ccc(C(=O)NCCNC(=O)c2ccc(Cl)cc2)c(O)c1. The number of halogens is 1. The molecule has 2 rings (SSSR count). The summed E-state index contributed by atoms with van der Waals surface area (Å²) in [6.07, 6.45) is 0. The Bertz CT molecular complexity index is 732. The van der Waals surface area contributed by atoms with Crippen LogP contribution in [-0.4, -0.2) is 37.1 Å². The average molecular weight is 349 g/mol. The number of methoxy groups -OCH3 is 1. The molecule has 3 N–H and O–H groups in total. The summed E-state index contributed by atoms with van der Waals surface area (Å²) in [6, 6.07) is 10.9. The Morgan fingerprint density at radius 1 is 1.04 bits per heavy atom. The van der Waals surface area contributed by atoms with E-state index in [1.165, 1.54) is 19.2 Å². The molecule has 0 bridgehead atoms. The molecule has 0 aliphatic carbocycles. The van der Waals surface area contributed by atoms with Gasteiger partial charge in [-0.15, -0.1) is 0 Å². The van der Waals surface area contributed by atoms with Crippen LogP contribution in [0.4, 0.5) is 0 Å². The van der Waals surface area contributed by atoms with E-state index in [0.717, 1.165) is 0 Å². The first kappa shape index (κ1) is 17.6. The molecule has 0 radical (unpaired) electrons. The Hall–Kier alpha value is -2.73. The molecular formula is C17H17ClN2O4. The summed E-state index contributed by atoms with van der Waals surface area (Å²) in [6.45, 7) is 0.480. The maximum atomic E-state index is 12.0. The summed E-state index contributed by atoms with van der Waals surface area (Å²) in [4.78, 5) is 23.9. The van der Waals surface area contributed by atoms with E-state index >= 15 is 0 Å². The number of phenolic OH excluding ortho intramolecular Hbond substituents is 1. The number of nitrogens with one attached hydrogen (secondary N) is 2. The molecule has 0 atom stereocenters. The molecule has 6 nitrogen and oxygen atoms in total. The molecule has 0 aromatic heterocycles. The molecule has 0 aliphatic rings. The van der Waals surface area contributed by atoms with Crippen molar-refractivity contribution in [2.75, 3.05) is 20.2 Å². The molecule has 2 amide bonds.